The van der Waals surface area contributed by atoms with E-state index in [0.717, 1.165) is 5.56 Å². The first-order valence-electron chi connectivity index (χ1n) is 6.79. The van der Waals surface area contributed by atoms with Crippen LogP contribution in [0.3, 0.4) is 0 Å². The van der Waals surface area contributed by atoms with Crippen LogP contribution in [-0.2, 0) is 28.4 Å². The SMILES string of the molecule is Cn1cnc(S(=O)(=O)N2CC(OCc3ccc(Cl)cc3)C2)c1. The number of sulfonamides is 1. The number of benzene rings is 1. The maximum atomic E-state index is 12.3. The van der Waals surface area contributed by atoms with Crippen LogP contribution >= 0.6 is 11.6 Å². The Morgan fingerprint density at radius 1 is 1.32 bits per heavy atom. The molecule has 0 unspecified atom stereocenters. The van der Waals surface area contributed by atoms with Crippen LogP contribution in [0.2, 0.25) is 5.02 Å². The first-order chi connectivity index (χ1) is 10.4. The number of hydrogen-bond acceptors (Lipinski definition) is 4. The van der Waals surface area contributed by atoms with Gasteiger partial charge in [0.05, 0.1) is 19.0 Å². The van der Waals surface area contributed by atoms with Gasteiger partial charge in [-0.3, -0.25) is 0 Å². The summed E-state index contributed by atoms with van der Waals surface area (Å²) in [6.45, 7) is 1.15. The van der Waals surface area contributed by atoms with Gasteiger partial charge in [0.1, 0.15) is 0 Å². The van der Waals surface area contributed by atoms with E-state index < -0.39 is 10.0 Å². The van der Waals surface area contributed by atoms with Crippen molar-refractivity contribution in [3.63, 3.8) is 0 Å². The zero-order chi connectivity index (χ0) is 15.7. The van der Waals surface area contributed by atoms with E-state index in [-0.39, 0.29) is 11.1 Å². The largest absolute Gasteiger partial charge is 0.371 e. The molecule has 1 aromatic heterocycles. The van der Waals surface area contributed by atoms with Gasteiger partial charge in [-0.15, -0.1) is 0 Å². The number of hydrogen-bond donors (Lipinski definition) is 0. The van der Waals surface area contributed by atoms with Gasteiger partial charge >= 0.3 is 0 Å². The molecule has 0 saturated carbocycles. The highest BCUT2D eigenvalue weighted by Crippen LogP contribution is 2.22. The van der Waals surface area contributed by atoms with Gasteiger partial charge < -0.3 is 9.30 Å². The topological polar surface area (TPSA) is 64.4 Å². The molecule has 0 atom stereocenters. The Balaban J connectivity index is 1.52. The molecule has 3 rings (SSSR count). The molecule has 1 saturated heterocycles. The van der Waals surface area contributed by atoms with Crippen LogP contribution < -0.4 is 0 Å². The molecule has 1 aromatic carbocycles. The molecule has 2 aromatic rings. The van der Waals surface area contributed by atoms with Gasteiger partial charge in [0.2, 0.25) is 0 Å². The maximum absolute atomic E-state index is 12.3. The number of imidazole rings is 1. The lowest BCUT2D eigenvalue weighted by atomic mass is 10.2. The van der Waals surface area contributed by atoms with Gasteiger partial charge in [-0.2, -0.15) is 4.31 Å². The highest BCUT2D eigenvalue weighted by molar-refractivity contribution is 7.89. The molecule has 0 N–H and O–H groups in total. The quantitative estimate of drug-likeness (QED) is 0.829. The van der Waals surface area contributed by atoms with Crippen molar-refractivity contribution in [1.29, 1.82) is 0 Å². The summed E-state index contributed by atoms with van der Waals surface area (Å²) in [5, 5.41) is 0.756. The second-order valence-corrected chi connectivity index (χ2v) is 7.58. The summed E-state index contributed by atoms with van der Waals surface area (Å²) in [7, 11) is -1.76. The molecule has 118 valence electrons. The summed E-state index contributed by atoms with van der Waals surface area (Å²) in [6, 6.07) is 7.39. The summed E-state index contributed by atoms with van der Waals surface area (Å²) < 4.78 is 33.2. The second kappa shape index (κ2) is 6.00. The van der Waals surface area contributed by atoms with Gasteiger partial charge in [0.15, 0.2) is 5.03 Å². The third kappa shape index (κ3) is 3.17. The van der Waals surface area contributed by atoms with E-state index in [9.17, 15) is 8.42 Å². The highest BCUT2D eigenvalue weighted by Gasteiger charge is 2.38. The third-order valence-corrected chi connectivity index (χ3v) is 5.47. The van der Waals surface area contributed by atoms with E-state index in [0.29, 0.717) is 24.7 Å². The highest BCUT2D eigenvalue weighted by atomic mass is 35.5. The van der Waals surface area contributed by atoms with Gasteiger partial charge in [0.25, 0.3) is 10.0 Å². The van der Waals surface area contributed by atoms with Crippen molar-refractivity contribution in [2.75, 3.05) is 13.1 Å². The standard InChI is InChI=1S/C14H16ClN3O3S/c1-17-8-14(16-10-17)22(19,20)18-6-13(7-18)21-9-11-2-4-12(15)5-3-11/h2-5,8,10,13H,6-7,9H2,1H3. The molecule has 22 heavy (non-hydrogen) atoms. The average Bonchev–Trinajstić information content (AvgIpc) is 2.86. The number of nitrogens with zero attached hydrogens (tertiary/aromatic N) is 3. The molecular weight excluding hydrogens is 326 g/mol. The molecule has 6 nitrogen and oxygen atoms in total. The van der Waals surface area contributed by atoms with Crippen molar-refractivity contribution in [3.8, 4) is 0 Å². The Morgan fingerprint density at radius 3 is 2.59 bits per heavy atom. The van der Waals surface area contributed by atoms with Crippen molar-refractivity contribution in [3.05, 3.63) is 47.4 Å². The van der Waals surface area contributed by atoms with Crippen LogP contribution in [-0.4, -0.2) is 41.5 Å². The molecule has 0 aliphatic carbocycles. The Bertz CT molecular complexity index is 752. The fourth-order valence-corrected chi connectivity index (χ4v) is 3.75. The molecular formula is C14H16ClN3O3S. The molecule has 8 heteroatoms. The Kier molecular flexibility index (Phi) is 4.22. The zero-order valence-corrected chi connectivity index (χ0v) is 13.6. The smallest absolute Gasteiger partial charge is 0.262 e. The lowest BCUT2D eigenvalue weighted by Crippen LogP contribution is -2.54. The Hall–Kier alpha value is -1.41. The number of aryl methyl sites for hydroxylation is 1. The van der Waals surface area contributed by atoms with E-state index >= 15 is 0 Å². The van der Waals surface area contributed by atoms with E-state index in [4.69, 9.17) is 16.3 Å². The molecule has 0 spiro atoms. The van der Waals surface area contributed by atoms with E-state index in [1.165, 1.54) is 16.8 Å². The lowest BCUT2D eigenvalue weighted by Gasteiger charge is -2.37. The summed E-state index contributed by atoms with van der Waals surface area (Å²) in [6.07, 6.45) is 2.88. The lowest BCUT2D eigenvalue weighted by molar-refractivity contribution is -0.0296. The van der Waals surface area contributed by atoms with Crippen molar-refractivity contribution in [2.45, 2.75) is 17.7 Å². The summed E-state index contributed by atoms with van der Waals surface area (Å²) in [5.74, 6) is 0. The van der Waals surface area contributed by atoms with Gasteiger partial charge in [-0.25, -0.2) is 13.4 Å². The molecule has 0 radical (unpaired) electrons. The fraction of sp³-hybridized carbons (Fsp3) is 0.357. The second-order valence-electron chi connectivity index (χ2n) is 5.26. The Labute approximate surface area is 134 Å². The fourth-order valence-electron chi connectivity index (χ4n) is 2.15. The van der Waals surface area contributed by atoms with Gasteiger partial charge in [-0.1, -0.05) is 23.7 Å². The summed E-state index contributed by atoms with van der Waals surface area (Å²) in [4.78, 5) is 3.90. The van der Waals surface area contributed by atoms with Crippen LogP contribution in [0, 0.1) is 0 Å². The van der Waals surface area contributed by atoms with Crippen LogP contribution in [0.4, 0.5) is 0 Å². The minimum Gasteiger partial charge on any atom is -0.371 e. The molecule has 1 fully saturated rings. The number of rotatable bonds is 5. The maximum Gasteiger partial charge on any atom is 0.262 e. The molecule has 1 aliphatic rings. The van der Waals surface area contributed by atoms with Gasteiger partial charge in [-0.05, 0) is 17.7 Å². The minimum atomic E-state index is -3.50. The molecule has 1 aliphatic heterocycles. The summed E-state index contributed by atoms with van der Waals surface area (Å²) in [5.41, 5.74) is 1.01. The third-order valence-electron chi connectivity index (χ3n) is 3.50. The van der Waals surface area contributed by atoms with E-state index in [2.05, 4.69) is 4.98 Å². The van der Waals surface area contributed by atoms with Crippen LogP contribution in [0.15, 0.2) is 41.8 Å². The molecule has 2 heterocycles. The number of aromatic nitrogens is 2. The first kappa shape index (κ1) is 15.5. The van der Waals surface area contributed by atoms with Crippen molar-refractivity contribution in [1.82, 2.24) is 13.9 Å². The van der Waals surface area contributed by atoms with Crippen LogP contribution in [0.5, 0.6) is 0 Å². The number of halogens is 1. The summed E-state index contributed by atoms with van der Waals surface area (Å²) >= 11 is 5.82. The Morgan fingerprint density at radius 2 is 2.00 bits per heavy atom. The van der Waals surface area contributed by atoms with Crippen LogP contribution in [0.25, 0.3) is 0 Å². The molecule has 0 amide bonds. The normalized spacial score (nSPS) is 16.6. The number of ether oxygens (including phenoxy) is 1. The predicted molar refractivity (Wildman–Crippen MR) is 82.0 cm³/mol. The van der Waals surface area contributed by atoms with Crippen molar-refractivity contribution < 1.29 is 13.2 Å². The minimum absolute atomic E-state index is 0.0751. The molecule has 0 bridgehead atoms. The van der Waals surface area contributed by atoms with Crippen LogP contribution in [0.1, 0.15) is 5.56 Å². The average molecular weight is 342 g/mol. The van der Waals surface area contributed by atoms with Crippen molar-refractivity contribution in [2.24, 2.45) is 7.05 Å². The van der Waals surface area contributed by atoms with Crippen molar-refractivity contribution >= 4 is 21.6 Å². The van der Waals surface area contributed by atoms with Gasteiger partial charge in [0, 0.05) is 31.4 Å². The van der Waals surface area contributed by atoms with E-state index in [1.807, 2.05) is 12.1 Å². The predicted octanol–water partition coefficient (Wildman–Crippen LogP) is 1.66. The first-order valence-corrected chi connectivity index (χ1v) is 8.61. The zero-order valence-electron chi connectivity index (χ0n) is 12.0. The monoisotopic (exact) mass is 341 g/mol. The van der Waals surface area contributed by atoms with E-state index in [1.54, 1.807) is 23.7 Å².